The fourth-order valence-corrected chi connectivity index (χ4v) is 4.72. The lowest BCUT2D eigenvalue weighted by molar-refractivity contribution is 0.0726. The minimum absolute atomic E-state index is 0.206. The summed E-state index contributed by atoms with van der Waals surface area (Å²) in [5, 5.41) is 0. The molecule has 0 aliphatic heterocycles. The molecule has 2 aromatic rings. The lowest BCUT2D eigenvalue weighted by atomic mass is 9.79. The van der Waals surface area contributed by atoms with Gasteiger partial charge in [0.2, 0.25) is 11.6 Å². The van der Waals surface area contributed by atoms with E-state index in [1.807, 2.05) is 12.1 Å². The molecule has 1 aliphatic carbocycles. The molecule has 1 fully saturated rings. The van der Waals surface area contributed by atoms with Crippen molar-refractivity contribution in [3.05, 3.63) is 71.3 Å². The van der Waals surface area contributed by atoms with Gasteiger partial charge in [-0.3, -0.25) is 0 Å². The molecular formula is C30H38F2O3. The topological polar surface area (TPSA) is 35.5 Å². The zero-order valence-electron chi connectivity index (χ0n) is 21.0. The van der Waals surface area contributed by atoms with Gasteiger partial charge in [0.1, 0.15) is 0 Å². The Kier molecular flexibility index (Phi) is 10.8. The van der Waals surface area contributed by atoms with E-state index in [9.17, 15) is 13.6 Å². The summed E-state index contributed by atoms with van der Waals surface area (Å²) in [6, 6.07) is 9.51. The first-order chi connectivity index (χ1) is 17.0. The van der Waals surface area contributed by atoms with Gasteiger partial charge >= 0.3 is 5.97 Å². The standard InChI is InChI=1S/C30H38F2O3/c1-3-5-6-9-22-12-14-23(15-13-22)10-7-8-11-24-16-18-25(19-17-24)30(33)35-27-21-20-26(34-4-2)28(31)29(27)32/h7,10,16-23H,3-6,8-9,11-15H2,1-2H3/b10-7+/t22-,23-. The van der Waals surface area contributed by atoms with Crippen LogP contribution in [-0.4, -0.2) is 12.6 Å². The summed E-state index contributed by atoms with van der Waals surface area (Å²) < 4.78 is 38.3. The summed E-state index contributed by atoms with van der Waals surface area (Å²) in [4.78, 5) is 12.4. The summed E-state index contributed by atoms with van der Waals surface area (Å²) in [6.45, 7) is 4.14. The van der Waals surface area contributed by atoms with E-state index in [1.165, 1.54) is 63.5 Å². The van der Waals surface area contributed by atoms with E-state index in [2.05, 4.69) is 19.1 Å². The maximum Gasteiger partial charge on any atom is 0.343 e. The quantitative estimate of drug-likeness (QED) is 0.131. The molecule has 190 valence electrons. The number of aryl methyl sites for hydroxylation is 1. The molecule has 0 unspecified atom stereocenters. The fraction of sp³-hybridized carbons (Fsp3) is 0.500. The number of benzene rings is 2. The van der Waals surface area contributed by atoms with E-state index >= 15 is 0 Å². The van der Waals surface area contributed by atoms with Crippen molar-refractivity contribution in [2.45, 2.75) is 78.1 Å². The Morgan fingerprint density at radius 3 is 2.31 bits per heavy atom. The van der Waals surface area contributed by atoms with Crippen LogP contribution in [0.15, 0.2) is 48.6 Å². The van der Waals surface area contributed by atoms with E-state index in [0.29, 0.717) is 5.92 Å². The molecule has 0 heterocycles. The second-order valence-corrected chi connectivity index (χ2v) is 9.45. The Balaban J connectivity index is 1.42. The lowest BCUT2D eigenvalue weighted by Gasteiger charge is -2.26. The van der Waals surface area contributed by atoms with Crippen LogP contribution in [0, 0.1) is 23.5 Å². The predicted molar refractivity (Wildman–Crippen MR) is 136 cm³/mol. The number of esters is 1. The van der Waals surface area contributed by atoms with Crippen LogP contribution in [-0.2, 0) is 6.42 Å². The molecule has 0 saturated heterocycles. The highest BCUT2D eigenvalue weighted by atomic mass is 19.2. The number of rotatable bonds is 12. The van der Waals surface area contributed by atoms with Gasteiger partial charge in [-0.15, -0.1) is 0 Å². The fourth-order valence-electron chi connectivity index (χ4n) is 4.72. The molecule has 35 heavy (non-hydrogen) atoms. The van der Waals surface area contributed by atoms with E-state index in [0.717, 1.165) is 24.3 Å². The third kappa shape index (κ3) is 8.19. The van der Waals surface area contributed by atoms with Crippen molar-refractivity contribution in [2.75, 3.05) is 6.61 Å². The van der Waals surface area contributed by atoms with Crippen LogP contribution >= 0.6 is 0 Å². The van der Waals surface area contributed by atoms with Crippen LogP contribution in [0.5, 0.6) is 11.5 Å². The normalized spacial score (nSPS) is 18.1. The second kappa shape index (κ2) is 14.0. The van der Waals surface area contributed by atoms with Crippen LogP contribution in [0.3, 0.4) is 0 Å². The van der Waals surface area contributed by atoms with Gasteiger partial charge < -0.3 is 9.47 Å². The molecule has 0 amide bonds. The first-order valence-corrected chi connectivity index (χ1v) is 13.1. The van der Waals surface area contributed by atoms with Crippen LogP contribution in [0.2, 0.25) is 0 Å². The van der Waals surface area contributed by atoms with Crippen molar-refractivity contribution >= 4 is 5.97 Å². The second-order valence-electron chi connectivity index (χ2n) is 9.45. The number of allylic oxidation sites excluding steroid dienone is 2. The summed E-state index contributed by atoms with van der Waals surface area (Å²) in [5.41, 5.74) is 1.40. The number of halogens is 2. The van der Waals surface area contributed by atoms with Gasteiger partial charge in [-0.05, 0) is 87.1 Å². The summed E-state index contributed by atoms with van der Waals surface area (Å²) in [6.07, 6.45) is 17.3. The maximum atomic E-state index is 14.2. The summed E-state index contributed by atoms with van der Waals surface area (Å²) >= 11 is 0. The van der Waals surface area contributed by atoms with Gasteiger partial charge in [-0.25, -0.2) is 4.79 Å². The van der Waals surface area contributed by atoms with Gasteiger partial charge in [-0.1, -0.05) is 56.9 Å². The van der Waals surface area contributed by atoms with Crippen molar-refractivity contribution in [3.8, 4) is 11.5 Å². The number of hydrogen-bond donors (Lipinski definition) is 0. The van der Waals surface area contributed by atoms with E-state index in [4.69, 9.17) is 9.47 Å². The van der Waals surface area contributed by atoms with Crippen LogP contribution in [0.1, 0.15) is 87.6 Å². The van der Waals surface area contributed by atoms with Gasteiger partial charge in [0.05, 0.1) is 12.2 Å². The third-order valence-electron chi connectivity index (χ3n) is 6.82. The summed E-state index contributed by atoms with van der Waals surface area (Å²) in [7, 11) is 0. The third-order valence-corrected chi connectivity index (χ3v) is 6.82. The Hall–Kier alpha value is -2.69. The van der Waals surface area contributed by atoms with Crippen molar-refractivity contribution in [3.63, 3.8) is 0 Å². The summed E-state index contributed by atoms with van der Waals surface area (Å²) in [5.74, 6) is -2.16. The SMILES string of the molecule is CCCCC[C@H]1CC[C@H](/C=C/CCc2ccc(C(=O)Oc3ccc(OCC)c(F)c3F)cc2)CC1. The minimum Gasteiger partial charge on any atom is -0.491 e. The monoisotopic (exact) mass is 484 g/mol. The first kappa shape index (κ1) is 26.9. The molecule has 1 saturated carbocycles. The Morgan fingerprint density at radius 1 is 0.943 bits per heavy atom. The molecule has 0 N–H and O–H groups in total. The molecule has 3 nitrogen and oxygen atoms in total. The molecule has 0 spiro atoms. The molecule has 3 rings (SSSR count). The molecule has 0 radical (unpaired) electrons. The van der Waals surface area contributed by atoms with Gasteiger partial charge in [0, 0.05) is 0 Å². The highest BCUT2D eigenvalue weighted by Crippen LogP contribution is 2.33. The molecule has 2 aromatic carbocycles. The number of carbonyl (C=O) groups excluding carboxylic acids is 1. The van der Waals surface area contributed by atoms with Crippen molar-refractivity contribution < 1.29 is 23.0 Å². The van der Waals surface area contributed by atoms with E-state index < -0.39 is 23.4 Å². The van der Waals surface area contributed by atoms with E-state index in [-0.39, 0.29) is 17.9 Å². The van der Waals surface area contributed by atoms with Gasteiger partial charge in [0.15, 0.2) is 11.5 Å². The first-order valence-electron chi connectivity index (χ1n) is 13.1. The predicted octanol–water partition coefficient (Wildman–Crippen LogP) is 8.46. The van der Waals surface area contributed by atoms with Crippen LogP contribution in [0.25, 0.3) is 0 Å². The highest BCUT2D eigenvalue weighted by Gasteiger charge is 2.20. The van der Waals surface area contributed by atoms with Gasteiger partial charge in [0.25, 0.3) is 0 Å². The largest absolute Gasteiger partial charge is 0.491 e. The molecular weight excluding hydrogens is 446 g/mol. The zero-order chi connectivity index (χ0) is 25.0. The zero-order valence-corrected chi connectivity index (χ0v) is 21.0. The molecule has 0 atom stereocenters. The van der Waals surface area contributed by atoms with Crippen LogP contribution in [0.4, 0.5) is 8.78 Å². The van der Waals surface area contributed by atoms with Gasteiger partial charge in [-0.2, -0.15) is 8.78 Å². The maximum absolute atomic E-state index is 14.2. The average Bonchev–Trinajstić information content (AvgIpc) is 2.88. The number of unbranched alkanes of at least 4 members (excludes halogenated alkanes) is 2. The Bertz CT molecular complexity index is 960. The molecule has 0 bridgehead atoms. The highest BCUT2D eigenvalue weighted by molar-refractivity contribution is 5.91. The molecule has 0 aromatic heterocycles. The Labute approximate surface area is 208 Å². The van der Waals surface area contributed by atoms with Crippen LogP contribution < -0.4 is 9.47 Å². The smallest absolute Gasteiger partial charge is 0.343 e. The average molecular weight is 485 g/mol. The Morgan fingerprint density at radius 2 is 1.63 bits per heavy atom. The van der Waals surface area contributed by atoms with Crippen molar-refractivity contribution in [2.24, 2.45) is 11.8 Å². The molecule has 1 aliphatic rings. The molecule has 5 heteroatoms. The van der Waals surface area contributed by atoms with Crippen molar-refractivity contribution in [1.82, 2.24) is 0 Å². The minimum atomic E-state index is -1.24. The number of ether oxygens (including phenoxy) is 2. The lowest BCUT2D eigenvalue weighted by Crippen LogP contribution is -2.13. The number of carbonyl (C=O) groups is 1. The number of hydrogen-bond acceptors (Lipinski definition) is 3. The van der Waals surface area contributed by atoms with Crippen molar-refractivity contribution in [1.29, 1.82) is 0 Å². The van der Waals surface area contributed by atoms with E-state index in [1.54, 1.807) is 19.1 Å².